The Morgan fingerprint density at radius 3 is 1.90 bits per heavy atom. The van der Waals surface area contributed by atoms with Crippen molar-refractivity contribution in [2.45, 2.75) is 20.0 Å². The van der Waals surface area contributed by atoms with E-state index in [-0.39, 0.29) is 13.2 Å². The van der Waals surface area contributed by atoms with Gasteiger partial charge in [0.1, 0.15) is 48.6 Å². The molecular weight excluding hydrogens is 528 g/mol. The van der Waals surface area contributed by atoms with E-state index in [1.54, 1.807) is 68.5 Å². The number of carbonyl (C=O) groups is 2. The molecule has 1 atom stereocenters. The molecule has 0 aliphatic heterocycles. The lowest BCUT2D eigenvalue weighted by Gasteiger charge is -2.33. The highest BCUT2D eigenvalue weighted by Gasteiger charge is 2.44. The van der Waals surface area contributed by atoms with Gasteiger partial charge in [0.05, 0.1) is 26.9 Å². The Balaban J connectivity index is 2.49. The van der Waals surface area contributed by atoms with Crippen molar-refractivity contribution in [3.8, 4) is 28.7 Å². The molecule has 0 bridgehead atoms. The largest absolute Gasteiger partial charge is 0.496 e. The van der Waals surface area contributed by atoms with Crippen molar-refractivity contribution in [1.82, 2.24) is 0 Å². The molecule has 0 amide bonds. The van der Waals surface area contributed by atoms with E-state index in [4.69, 9.17) is 33.2 Å². The maximum atomic E-state index is 13.2. The number of benzene rings is 2. The average Bonchev–Trinajstić information content (AvgIpc) is 2.98. The highest BCUT2D eigenvalue weighted by molar-refractivity contribution is 5.88. The van der Waals surface area contributed by atoms with Crippen LogP contribution in [0.2, 0.25) is 0 Å². The Kier molecular flexibility index (Phi) is 12.6. The first-order valence-corrected chi connectivity index (χ1v) is 12.7. The smallest absolute Gasteiger partial charge is 0.331 e. The van der Waals surface area contributed by atoms with E-state index in [0.717, 1.165) is 0 Å². The third kappa shape index (κ3) is 8.66. The van der Waals surface area contributed by atoms with Crippen LogP contribution in [-0.2, 0) is 19.1 Å². The number of methoxy groups -OCH3 is 3. The number of rotatable bonds is 17. The highest BCUT2D eigenvalue weighted by atomic mass is 16.6. The number of hydrogen-bond acceptors (Lipinski definition) is 9. The van der Waals surface area contributed by atoms with Gasteiger partial charge in [-0.1, -0.05) is 44.0 Å². The Morgan fingerprint density at radius 2 is 1.37 bits per heavy atom. The van der Waals surface area contributed by atoms with Crippen molar-refractivity contribution in [2.24, 2.45) is 5.41 Å². The van der Waals surface area contributed by atoms with E-state index in [1.165, 1.54) is 27.4 Å². The molecule has 0 spiro atoms. The maximum Gasteiger partial charge on any atom is 0.331 e. The van der Waals surface area contributed by atoms with E-state index >= 15 is 0 Å². The molecule has 0 N–H and O–H groups in total. The third-order valence-electron chi connectivity index (χ3n) is 5.84. The van der Waals surface area contributed by atoms with Gasteiger partial charge in [-0.3, -0.25) is 4.79 Å². The van der Waals surface area contributed by atoms with Crippen molar-refractivity contribution in [3.05, 3.63) is 85.5 Å². The second-order valence-corrected chi connectivity index (χ2v) is 9.11. The van der Waals surface area contributed by atoms with Crippen LogP contribution in [-0.4, -0.2) is 53.1 Å². The van der Waals surface area contributed by atoms with Gasteiger partial charge in [-0.15, -0.1) is 0 Å². The SMILES string of the molecule is C=CCOc1cc(OC)c(C(OC(=O)/C=C/c2ccc(OCC=C)c(OCC=C)c2)C(C)(C)C(=O)OC)c(OC)c1. The first-order chi connectivity index (χ1) is 19.7. The van der Waals surface area contributed by atoms with Crippen molar-refractivity contribution < 1.29 is 42.7 Å². The molecule has 0 aliphatic carbocycles. The summed E-state index contributed by atoms with van der Waals surface area (Å²) < 4.78 is 39.1. The Morgan fingerprint density at radius 1 is 0.805 bits per heavy atom. The van der Waals surface area contributed by atoms with Crippen molar-refractivity contribution in [1.29, 1.82) is 0 Å². The third-order valence-corrected chi connectivity index (χ3v) is 5.84. The molecular formula is C32H38O9. The van der Waals surface area contributed by atoms with Crippen LogP contribution in [0.4, 0.5) is 0 Å². The molecule has 2 aromatic carbocycles. The quantitative estimate of drug-likeness (QED) is 0.132. The molecule has 41 heavy (non-hydrogen) atoms. The Labute approximate surface area is 241 Å². The summed E-state index contributed by atoms with van der Waals surface area (Å²) >= 11 is 0. The molecule has 9 heteroatoms. The fraction of sp³-hybridized carbons (Fsp3) is 0.312. The van der Waals surface area contributed by atoms with Crippen LogP contribution in [0.1, 0.15) is 31.1 Å². The van der Waals surface area contributed by atoms with E-state index in [2.05, 4.69) is 19.7 Å². The molecule has 0 saturated carbocycles. The lowest BCUT2D eigenvalue weighted by Crippen LogP contribution is -2.35. The normalized spacial score (nSPS) is 11.6. The molecule has 0 saturated heterocycles. The van der Waals surface area contributed by atoms with Crippen LogP contribution in [0, 0.1) is 5.41 Å². The number of hydrogen-bond donors (Lipinski definition) is 0. The van der Waals surface area contributed by atoms with E-state index in [0.29, 0.717) is 46.5 Å². The predicted molar refractivity (Wildman–Crippen MR) is 157 cm³/mol. The zero-order valence-corrected chi connectivity index (χ0v) is 24.3. The highest BCUT2D eigenvalue weighted by Crippen LogP contribution is 2.47. The lowest BCUT2D eigenvalue weighted by atomic mass is 9.81. The van der Waals surface area contributed by atoms with Crippen molar-refractivity contribution in [2.75, 3.05) is 41.2 Å². The summed E-state index contributed by atoms with van der Waals surface area (Å²) in [5.74, 6) is 0.699. The van der Waals surface area contributed by atoms with Crippen LogP contribution in [0.15, 0.2) is 74.4 Å². The van der Waals surface area contributed by atoms with Crippen LogP contribution >= 0.6 is 0 Å². The van der Waals surface area contributed by atoms with Crippen LogP contribution in [0.25, 0.3) is 6.08 Å². The van der Waals surface area contributed by atoms with Gasteiger partial charge < -0.3 is 33.2 Å². The summed E-state index contributed by atoms with van der Waals surface area (Å²) in [6.45, 7) is 15.0. The van der Waals surface area contributed by atoms with Gasteiger partial charge in [-0.2, -0.15) is 0 Å². The molecule has 0 fully saturated rings. The minimum atomic E-state index is -1.34. The molecule has 2 aromatic rings. The van der Waals surface area contributed by atoms with Crippen molar-refractivity contribution >= 4 is 18.0 Å². The second kappa shape index (κ2) is 15.8. The molecule has 0 radical (unpaired) electrons. The zero-order chi connectivity index (χ0) is 30.4. The number of ether oxygens (including phenoxy) is 7. The van der Waals surface area contributed by atoms with Crippen LogP contribution in [0.3, 0.4) is 0 Å². The summed E-state index contributed by atoms with van der Waals surface area (Å²) in [6, 6.07) is 8.43. The minimum absolute atomic E-state index is 0.254. The standard InChI is InChI=1S/C32H38O9/c1-9-16-38-23-20-26(35-6)29(27(21-23)36-7)30(32(4,5)31(34)37-8)41-28(33)15-13-22-12-14-24(39-17-10-2)25(19-22)40-18-11-3/h9-15,19-21,30H,1-3,16-18H2,4-8H3/b15-13+. The fourth-order valence-electron chi connectivity index (χ4n) is 3.83. The van der Waals surface area contributed by atoms with Gasteiger partial charge in [0, 0.05) is 18.2 Å². The number of esters is 2. The molecule has 0 aliphatic rings. The van der Waals surface area contributed by atoms with Crippen LogP contribution in [0.5, 0.6) is 28.7 Å². The first-order valence-electron chi connectivity index (χ1n) is 12.7. The summed E-state index contributed by atoms with van der Waals surface area (Å²) in [6.07, 6.45) is 6.48. The van der Waals surface area contributed by atoms with E-state index < -0.39 is 23.5 Å². The van der Waals surface area contributed by atoms with Gasteiger partial charge in [-0.25, -0.2) is 4.79 Å². The predicted octanol–water partition coefficient (Wildman–Crippen LogP) is 5.90. The molecule has 2 rings (SSSR count). The Bertz CT molecular complexity index is 1230. The molecule has 1 unspecified atom stereocenters. The van der Waals surface area contributed by atoms with Crippen LogP contribution < -0.4 is 23.7 Å². The summed E-state index contributed by atoms with van der Waals surface area (Å²) in [7, 11) is 4.17. The zero-order valence-electron chi connectivity index (χ0n) is 24.3. The van der Waals surface area contributed by atoms with E-state index in [9.17, 15) is 9.59 Å². The van der Waals surface area contributed by atoms with E-state index in [1.807, 2.05) is 0 Å². The van der Waals surface area contributed by atoms with Gasteiger partial charge in [0.25, 0.3) is 0 Å². The molecule has 0 heterocycles. The molecule has 9 nitrogen and oxygen atoms in total. The van der Waals surface area contributed by atoms with Gasteiger partial charge in [0.2, 0.25) is 0 Å². The topological polar surface area (TPSA) is 98.8 Å². The monoisotopic (exact) mass is 566 g/mol. The lowest BCUT2D eigenvalue weighted by molar-refractivity contribution is -0.166. The average molecular weight is 567 g/mol. The number of carbonyl (C=O) groups excluding carboxylic acids is 2. The maximum absolute atomic E-state index is 13.2. The fourth-order valence-corrected chi connectivity index (χ4v) is 3.83. The minimum Gasteiger partial charge on any atom is -0.496 e. The van der Waals surface area contributed by atoms with Gasteiger partial charge in [-0.05, 0) is 37.6 Å². The van der Waals surface area contributed by atoms with Gasteiger partial charge >= 0.3 is 11.9 Å². The van der Waals surface area contributed by atoms with Crippen molar-refractivity contribution in [3.63, 3.8) is 0 Å². The second-order valence-electron chi connectivity index (χ2n) is 9.11. The first kappa shape index (κ1) is 32.6. The summed E-state index contributed by atoms with van der Waals surface area (Å²) in [4.78, 5) is 26.0. The molecule has 0 aromatic heterocycles. The summed E-state index contributed by atoms with van der Waals surface area (Å²) in [5, 5.41) is 0. The van der Waals surface area contributed by atoms with Gasteiger partial charge in [0.15, 0.2) is 11.5 Å². The molecule has 220 valence electrons. The summed E-state index contributed by atoms with van der Waals surface area (Å²) in [5.41, 5.74) is -0.352. The Hall–Kier alpha value is -4.66.